The smallest absolute Gasteiger partial charge is 0.293 e. The van der Waals surface area contributed by atoms with Crippen LogP contribution in [-0.4, -0.2) is 24.1 Å². The summed E-state index contributed by atoms with van der Waals surface area (Å²) in [7, 11) is 0. The van der Waals surface area contributed by atoms with Crippen molar-refractivity contribution in [2.75, 3.05) is 18.4 Å². The molecule has 0 amide bonds. The minimum atomic E-state index is -0.448. The lowest BCUT2D eigenvalue weighted by Crippen LogP contribution is -2.38. The third-order valence-electron chi connectivity index (χ3n) is 3.66. The van der Waals surface area contributed by atoms with Crippen molar-refractivity contribution in [3.8, 4) is 0 Å². The van der Waals surface area contributed by atoms with Crippen LogP contribution in [0.15, 0.2) is 12.1 Å². The van der Waals surface area contributed by atoms with Gasteiger partial charge in [0.25, 0.3) is 5.69 Å². The molecule has 1 heterocycles. The summed E-state index contributed by atoms with van der Waals surface area (Å²) in [6.45, 7) is 3.99. The maximum absolute atomic E-state index is 11.1. The van der Waals surface area contributed by atoms with Gasteiger partial charge in [-0.1, -0.05) is 23.2 Å². The average molecular weight is 318 g/mol. The monoisotopic (exact) mass is 317 g/mol. The Morgan fingerprint density at radius 1 is 1.45 bits per heavy atom. The lowest BCUT2D eigenvalue weighted by atomic mass is 9.92. The van der Waals surface area contributed by atoms with E-state index in [1.54, 1.807) is 0 Å². The molecule has 2 N–H and O–H groups in total. The number of anilines is 1. The van der Waals surface area contributed by atoms with Crippen LogP contribution in [0.2, 0.25) is 10.0 Å². The molecular weight excluding hydrogens is 301 g/mol. The van der Waals surface area contributed by atoms with Crippen LogP contribution in [0, 0.1) is 16.0 Å². The standard InChI is InChI=1S/C13H17Cl2N3O2/c1-8(9-3-2-4-16-7-9)17-12-5-10(14)11(15)6-13(12)18(19)20/h5-6,8-9,16-17H,2-4,7H2,1H3. The highest BCUT2D eigenvalue weighted by molar-refractivity contribution is 6.42. The van der Waals surface area contributed by atoms with Crippen LogP contribution in [0.1, 0.15) is 19.8 Å². The van der Waals surface area contributed by atoms with Gasteiger partial charge < -0.3 is 10.6 Å². The summed E-state index contributed by atoms with van der Waals surface area (Å²) in [6, 6.07) is 2.94. The Morgan fingerprint density at radius 3 is 2.75 bits per heavy atom. The molecule has 2 rings (SSSR count). The van der Waals surface area contributed by atoms with Crippen LogP contribution < -0.4 is 10.6 Å². The Hall–Kier alpha value is -1.04. The fourth-order valence-electron chi connectivity index (χ4n) is 2.47. The minimum Gasteiger partial charge on any atom is -0.377 e. The Bertz CT molecular complexity index is 505. The van der Waals surface area contributed by atoms with Crippen molar-refractivity contribution in [3.63, 3.8) is 0 Å². The van der Waals surface area contributed by atoms with Crippen molar-refractivity contribution in [3.05, 3.63) is 32.3 Å². The van der Waals surface area contributed by atoms with Crippen molar-refractivity contribution in [2.24, 2.45) is 5.92 Å². The van der Waals surface area contributed by atoms with Crippen molar-refractivity contribution >= 4 is 34.6 Å². The lowest BCUT2D eigenvalue weighted by Gasteiger charge is -2.29. The normalized spacial score (nSPS) is 20.4. The number of hydrogen-bond acceptors (Lipinski definition) is 4. The Kier molecular flexibility index (Phi) is 5.07. The molecule has 1 aromatic carbocycles. The molecular formula is C13H17Cl2N3O2. The molecule has 110 valence electrons. The molecule has 7 heteroatoms. The predicted octanol–water partition coefficient (Wildman–Crippen LogP) is 3.70. The molecule has 0 saturated carbocycles. The van der Waals surface area contributed by atoms with Crippen LogP contribution in [0.5, 0.6) is 0 Å². The van der Waals surface area contributed by atoms with E-state index in [0.29, 0.717) is 16.6 Å². The second kappa shape index (κ2) is 6.61. The molecule has 1 aliphatic heterocycles. The third kappa shape index (κ3) is 3.53. The topological polar surface area (TPSA) is 67.2 Å². The van der Waals surface area contributed by atoms with Gasteiger partial charge in [-0.15, -0.1) is 0 Å². The number of nitrogens with zero attached hydrogens (tertiary/aromatic N) is 1. The number of halogens is 2. The molecule has 1 aromatic rings. The van der Waals surface area contributed by atoms with Crippen molar-refractivity contribution in [1.82, 2.24) is 5.32 Å². The Balaban J connectivity index is 2.19. The first kappa shape index (κ1) is 15.4. The van der Waals surface area contributed by atoms with Gasteiger partial charge in [0, 0.05) is 12.1 Å². The first-order chi connectivity index (χ1) is 9.49. The molecule has 20 heavy (non-hydrogen) atoms. The fraction of sp³-hybridized carbons (Fsp3) is 0.538. The Morgan fingerprint density at radius 2 is 2.15 bits per heavy atom. The van der Waals surface area contributed by atoms with Gasteiger partial charge in [-0.05, 0) is 44.8 Å². The van der Waals surface area contributed by atoms with Crippen LogP contribution in [0.4, 0.5) is 11.4 Å². The molecule has 0 aromatic heterocycles. The molecule has 2 atom stereocenters. The molecule has 1 fully saturated rings. The summed E-state index contributed by atoms with van der Waals surface area (Å²) >= 11 is 11.8. The predicted molar refractivity (Wildman–Crippen MR) is 81.8 cm³/mol. The van der Waals surface area contributed by atoms with Gasteiger partial charge in [0.2, 0.25) is 0 Å². The zero-order valence-corrected chi connectivity index (χ0v) is 12.7. The first-order valence-electron chi connectivity index (χ1n) is 6.59. The lowest BCUT2D eigenvalue weighted by molar-refractivity contribution is -0.384. The zero-order valence-electron chi connectivity index (χ0n) is 11.2. The SMILES string of the molecule is CC(Nc1cc(Cl)c(Cl)cc1[N+](=O)[O-])C1CCCNC1. The summed E-state index contributed by atoms with van der Waals surface area (Å²) in [4.78, 5) is 10.6. The van der Waals surface area contributed by atoms with Gasteiger partial charge in [0.15, 0.2) is 0 Å². The van der Waals surface area contributed by atoms with Gasteiger partial charge in [-0.3, -0.25) is 10.1 Å². The molecule has 0 bridgehead atoms. The summed E-state index contributed by atoms with van der Waals surface area (Å²) in [5.74, 6) is 0.442. The molecule has 2 unspecified atom stereocenters. The van der Waals surface area contributed by atoms with E-state index in [4.69, 9.17) is 23.2 Å². The van der Waals surface area contributed by atoms with Gasteiger partial charge >= 0.3 is 0 Å². The van der Waals surface area contributed by atoms with Crippen molar-refractivity contribution < 1.29 is 4.92 Å². The molecule has 1 aliphatic rings. The molecule has 1 saturated heterocycles. The number of hydrogen-bond donors (Lipinski definition) is 2. The first-order valence-corrected chi connectivity index (χ1v) is 7.35. The number of nitro benzene ring substituents is 1. The number of nitro groups is 1. The van der Waals surface area contributed by atoms with Gasteiger partial charge in [-0.2, -0.15) is 0 Å². The summed E-state index contributed by atoms with van der Waals surface area (Å²) in [5, 5.41) is 18.1. The number of nitrogens with one attached hydrogen (secondary N) is 2. The number of piperidine rings is 1. The van der Waals surface area contributed by atoms with Crippen molar-refractivity contribution in [1.29, 1.82) is 0 Å². The summed E-state index contributed by atoms with van der Waals surface area (Å²) in [5.41, 5.74) is 0.373. The van der Waals surface area contributed by atoms with Crippen LogP contribution >= 0.6 is 23.2 Å². The van der Waals surface area contributed by atoms with Crippen LogP contribution in [0.25, 0.3) is 0 Å². The third-order valence-corrected chi connectivity index (χ3v) is 4.38. The largest absolute Gasteiger partial charge is 0.377 e. The van der Waals surface area contributed by atoms with Crippen LogP contribution in [0.3, 0.4) is 0 Å². The van der Waals surface area contributed by atoms with E-state index >= 15 is 0 Å². The zero-order chi connectivity index (χ0) is 14.7. The van der Waals surface area contributed by atoms with Gasteiger partial charge in [-0.25, -0.2) is 0 Å². The molecule has 0 spiro atoms. The maximum atomic E-state index is 11.1. The highest BCUT2D eigenvalue weighted by Gasteiger charge is 2.23. The quantitative estimate of drug-likeness (QED) is 0.656. The minimum absolute atomic E-state index is 0.0463. The van der Waals surface area contributed by atoms with E-state index in [1.165, 1.54) is 12.1 Å². The molecule has 0 radical (unpaired) electrons. The number of rotatable bonds is 4. The second-order valence-electron chi connectivity index (χ2n) is 5.08. The highest BCUT2D eigenvalue weighted by Crippen LogP contribution is 2.35. The highest BCUT2D eigenvalue weighted by atomic mass is 35.5. The maximum Gasteiger partial charge on any atom is 0.293 e. The van der Waals surface area contributed by atoms with Crippen LogP contribution in [-0.2, 0) is 0 Å². The molecule has 5 nitrogen and oxygen atoms in total. The average Bonchev–Trinajstić information content (AvgIpc) is 2.43. The summed E-state index contributed by atoms with van der Waals surface area (Å²) in [6.07, 6.45) is 2.23. The van der Waals surface area contributed by atoms with E-state index < -0.39 is 4.92 Å². The van der Waals surface area contributed by atoms with Crippen molar-refractivity contribution in [2.45, 2.75) is 25.8 Å². The summed E-state index contributed by atoms with van der Waals surface area (Å²) < 4.78 is 0. The number of benzene rings is 1. The Labute approximate surface area is 127 Å². The van der Waals surface area contributed by atoms with E-state index in [-0.39, 0.29) is 16.8 Å². The van der Waals surface area contributed by atoms with Gasteiger partial charge in [0.05, 0.1) is 15.0 Å². The fourth-order valence-corrected chi connectivity index (χ4v) is 2.79. The van der Waals surface area contributed by atoms with E-state index in [2.05, 4.69) is 10.6 Å². The van der Waals surface area contributed by atoms with E-state index in [0.717, 1.165) is 25.9 Å². The van der Waals surface area contributed by atoms with E-state index in [1.807, 2.05) is 6.92 Å². The molecule has 0 aliphatic carbocycles. The second-order valence-corrected chi connectivity index (χ2v) is 5.89. The van der Waals surface area contributed by atoms with Gasteiger partial charge in [0.1, 0.15) is 5.69 Å². The van der Waals surface area contributed by atoms with E-state index in [9.17, 15) is 10.1 Å².